The van der Waals surface area contributed by atoms with Gasteiger partial charge in [-0.1, -0.05) is 23.5 Å². The molecular formula is C30H28F2N6O4S. The number of phenols is 1. The van der Waals surface area contributed by atoms with Gasteiger partial charge in [0.05, 0.1) is 17.6 Å². The molecule has 2 aliphatic heterocycles. The summed E-state index contributed by atoms with van der Waals surface area (Å²) >= 11 is 1.40. The largest absolute Gasteiger partial charge is 0.508 e. The number of anilines is 1. The zero-order chi connectivity index (χ0) is 29.9. The van der Waals surface area contributed by atoms with E-state index in [1.54, 1.807) is 19.1 Å². The topological polar surface area (TPSA) is 126 Å². The number of ether oxygens (including phenoxy) is 1. The van der Waals surface area contributed by atoms with E-state index in [4.69, 9.17) is 9.15 Å². The number of aromatic hydroxyl groups is 1. The fraction of sp³-hybridized carbons (Fsp3) is 0.367. The van der Waals surface area contributed by atoms with E-state index in [2.05, 4.69) is 30.4 Å². The van der Waals surface area contributed by atoms with Gasteiger partial charge in [-0.3, -0.25) is 4.90 Å². The maximum Gasteiger partial charge on any atom is 0.349 e. The van der Waals surface area contributed by atoms with Gasteiger partial charge in [-0.25, -0.2) is 13.6 Å². The summed E-state index contributed by atoms with van der Waals surface area (Å²) in [6, 6.07) is 7.33. The molecule has 0 spiro atoms. The first-order valence-corrected chi connectivity index (χ1v) is 14.8. The molecule has 13 heteroatoms. The van der Waals surface area contributed by atoms with Crippen LogP contribution in [0.2, 0.25) is 0 Å². The molecule has 2 N–H and O–H groups in total. The Kier molecular flexibility index (Phi) is 6.73. The average molecular weight is 607 g/mol. The number of halogens is 2. The first kappa shape index (κ1) is 27.6. The summed E-state index contributed by atoms with van der Waals surface area (Å²) in [5, 5.41) is 24.0. The molecule has 0 radical (unpaired) electrons. The van der Waals surface area contributed by atoms with Crippen molar-refractivity contribution in [3.63, 3.8) is 0 Å². The van der Waals surface area contributed by atoms with Gasteiger partial charge in [-0.2, -0.15) is 9.97 Å². The van der Waals surface area contributed by atoms with Crippen molar-refractivity contribution in [1.82, 2.24) is 25.1 Å². The molecule has 5 aromatic rings. The monoisotopic (exact) mass is 606 g/mol. The second kappa shape index (κ2) is 10.5. The van der Waals surface area contributed by atoms with Gasteiger partial charge in [-0.05, 0) is 56.8 Å². The third-order valence-electron chi connectivity index (χ3n) is 8.34. The number of nitrogens with one attached hydrogen (secondary N) is 1. The molecule has 3 aromatic heterocycles. The molecule has 43 heavy (non-hydrogen) atoms. The minimum atomic E-state index is -0.916. The number of alkyl halides is 1. The van der Waals surface area contributed by atoms with Gasteiger partial charge in [0.1, 0.15) is 51.3 Å². The molecule has 5 heterocycles. The Morgan fingerprint density at radius 3 is 2.91 bits per heavy atom. The molecule has 7 rings (SSSR count). The molecule has 2 saturated heterocycles. The fourth-order valence-corrected chi connectivity index (χ4v) is 7.09. The van der Waals surface area contributed by atoms with Crippen LogP contribution in [0.25, 0.3) is 33.0 Å². The molecule has 2 aliphatic rings. The summed E-state index contributed by atoms with van der Waals surface area (Å²) in [5.74, 6) is -0.395. The number of hydrogen-bond donors (Lipinski definition) is 2. The summed E-state index contributed by atoms with van der Waals surface area (Å²) in [5.41, 5.74) is -0.288. The van der Waals surface area contributed by atoms with Crippen molar-refractivity contribution in [2.45, 2.75) is 51.4 Å². The molecule has 0 amide bonds. The lowest BCUT2D eigenvalue weighted by Gasteiger charge is -2.30. The normalized spacial score (nSPS) is 20.2. The van der Waals surface area contributed by atoms with E-state index in [9.17, 15) is 14.3 Å². The van der Waals surface area contributed by atoms with Crippen LogP contribution in [0.15, 0.2) is 39.5 Å². The smallest absolute Gasteiger partial charge is 0.349 e. The summed E-state index contributed by atoms with van der Waals surface area (Å²) in [6.07, 6.45) is 1.23. The highest BCUT2D eigenvalue weighted by molar-refractivity contribution is 7.11. The highest BCUT2D eigenvalue weighted by Crippen LogP contribution is 2.41. The van der Waals surface area contributed by atoms with Crippen molar-refractivity contribution in [3.8, 4) is 23.1 Å². The molecule has 10 nitrogen and oxygen atoms in total. The average Bonchev–Trinajstić information content (AvgIpc) is 3.65. The lowest BCUT2D eigenvalue weighted by Crippen LogP contribution is -2.43. The minimum absolute atomic E-state index is 0.0126. The highest BCUT2D eigenvalue weighted by Gasteiger charge is 2.49. The van der Waals surface area contributed by atoms with E-state index in [1.807, 2.05) is 6.92 Å². The molecule has 222 valence electrons. The zero-order valence-electron chi connectivity index (χ0n) is 23.5. The minimum Gasteiger partial charge on any atom is -0.508 e. The molecule has 0 bridgehead atoms. The van der Waals surface area contributed by atoms with Crippen LogP contribution in [0, 0.1) is 19.7 Å². The molecule has 0 unspecified atom stereocenters. The predicted molar refractivity (Wildman–Crippen MR) is 158 cm³/mol. The standard InChI is InChI=1S/C30H28F2N6O4S/c1-15-25-24(28(40)42-26(15)20-10-19(39)9-17-5-3-6-21(32)23(17)20)27(33-12-22-37-36-16(2)43-22)35-29(34-25)41-14-30-7-4-8-38(30)13-18(31)11-30/h3,5-6,9-10,18,39H,4,7-8,11-14H2,1-2H3,(H,33,34,35)/t18-,30+/m1/s1. The number of aromatic nitrogens is 4. The Morgan fingerprint density at radius 2 is 2.09 bits per heavy atom. The number of hydrogen-bond acceptors (Lipinski definition) is 11. The zero-order valence-corrected chi connectivity index (χ0v) is 24.3. The Labute approximate surface area is 248 Å². The van der Waals surface area contributed by atoms with Crippen LogP contribution in [-0.2, 0) is 6.54 Å². The van der Waals surface area contributed by atoms with Crippen LogP contribution >= 0.6 is 11.3 Å². The van der Waals surface area contributed by atoms with Gasteiger partial charge in [0.2, 0.25) is 0 Å². The van der Waals surface area contributed by atoms with Crippen molar-refractivity contribution in [3.05, 3.63) is 62.1 Å². The lowest BCUT2D eigenvalue weighted by atomic mass is 9.95. The number of nitrogens with zero attached hydrogens (tertiary/aromatic N) is 5. The molecular weight excluding hydrogens is 578 g/mol. The third-order valence-corrected chi connectivity index (χ3v) is 9.18. The number of benzene rings is 2. The van der Waals surface area contributed by atoms with Crippen LogP contribution in [0.4, 0.5) is 14.6 Å². The summed E-state index contributed by atoms with van der Waals surface area (Å²) in [7, 11) is 0. The Hall–Kier alpha value is -4.23. The van der Waals surface area contributed by atoms with Crippen molar-refractivity contribution in [2.24, 2.45) is 0 Å². The fourth-order valence-electron chi connectivity index (χ4n) is 6.44. The molecule has 2 aromatic carbocycles. The van der Waals surface area contributed by atoms with Gasteiger partial charge >= 0.3 is 11.6 Å². The van der Waals surface area contributed by atoms with Gasteiger partial charge in [-0.15, -0.1) is 10.2 Å². The van der Waals surface area contributed by atoms with Crippen LogP contribution in [-0.4, -0.2) is 61.6 Å². The summed E-state index contributed by atoms with van der Waals surface area (Å²) in [4.78, 5) is 24.9. The van der Waals surface area contributed by atoms with E-state index < -0.39 is 23.2 Å². The number of aryl methyl sites for hydroxylation is 2. The van der Waals surface area contributed by atoms with Crippen LogP contribution in [0.3, 0.4) is 0 Å². The van der Waals surface area contributed by atoms with Crippen LogP contribution in [0.1, 0.15) is 34.8 Å². The summed E-state index contributed by atoms with van der Waals surface area (Å²) in [6.45, 7) is 5.18. The quantitative estimate of drug-likeness (QED) is 0.253. The van der Waals surface area contributed by atoms with Gasteiger partial charge in [0.25, 0.3) is 0 Å². The number of phenolic OH excluding ortho intramolecular Hbond substituents is 1. The lowest BCUT2D eigenvalue weighted by molar-refractivity contribution is 0.107. The Balaban J connectivity index is 1.36. The van der Waals surface area contributed by atoms with Crippen molar-refractivity contribution >= 4 is 38.8 Å². The molecule has 2 atom stereocenters. The SMILES string of the molecule is Cc1nnc(CNc2nc(OC[C@@]34CCCN3C[C@H](F)C4)nc3c(C)c(-c4cc(O)cc5cccc(F)c45)oc(=O)c23)s1. The number of rotatable bonds is 7. The van der Waals surface area contributed by atoms with E-state index in [1.165, 1.54) is 29.5 Å². The molecule has 0 saturated carbocycles. The first-order valence-electron chi connectivity index (χ1n) is 14.0. The number of fused-ring (bicyclic) bond motifs is 3. The predicted octanol–water partition coefficient (Wildman–Crippen LogP) is 5.28. The first-order chi connectivity index (χ1) is 20.7. The maximum atomic E-state index is 15.1. The van der Waals surface area contributed by atoms with Gasteiger partial charge < -0.3 is 19.6 Å². The second-order valence-electron chi connectivity index (χ2n) is 11.2. The third kappa shape index (κ3) is 4.85. The van der Waals surface area contributed by atoms with Crippen molar-refractivity contribution in [2.75, 3.05) is 25.0 Å². The molecule has 0 aliphatic carbocycles. The molecule has 2 fully saturated rings. The highest BCUT2D eigenvalue weighted by atomic mass is 32.1. The van der Waals surface area contributed by atoms with Crippen molar-refractivity contribution < 1.29 is 23.0 Å². The van der Waals surface area contributed by atoms with E-state index in [0.29, 0.717) is 28.9 Å². The van der Waals surface area contributed by atoms with Gasteiger partial charge in [0.15, 0.2) is 0 Å². The van der Waals surface area contributed by atoms with Crippen molar-refractivity contribution in [1.29, 1.82) is 0 Å². The Morgan fingerprint density at radius 1 is 1.23 bits per heavy atom. The summed E-state index contributed by atoms with van der Waals surface area (Å²) < 4.78 is 41.4. The van der Waals surface area contributed by atoms with Crippen LogP contribution in [0.5, 0.6) is 11.8 Å². The van der Waals surface area contributed by atoms with Gasteiger partial charge in [0, 0.05) is 29.5 Å². The van der Waals surface area contributed by atoms with E-state index in [-0.39, 0.29) is 58.3 Å². The maximum absolute atomic E-state index is 15.1. The second-order valence-corrected chi connectivity index (χ2v) is 12.5. The van der Waals surface area contributed by atoms with E-state index in [0.717, 1.165) is 24.4 Å². The van der Waals surface area contributed by atoms with Crippen LogP contribution < -0.4 is 15.7 Å². The Bertz CT molecular complexity index is 1950. The van der Waals surface area contributed by atoms with E-state index >= 15 is 4.39 Å².